The van der Waals surface area contributed by atoms with Gasteiger partial charge in [-0.3, -0.25) is 0 Å². The fraction of sp³-hybridized carbons (Fsp3) is 0.333. The average Bonchev–Trinajstić information content (AvgIpc) is 2.51. The molecule has 0 aliphatic heterocycles. The van der Waals surface area contributed by atoms with Gasteiger partial charge >= 0.3 is 0 Å². The minimum absolute atomic E-state index is 0.389. The Balaban J connectivity index is 2.51. The Labute approximate surface area is 128 Å². The van der Waals surface area contributed by atoms with Crippen LogP contribution in [0.1, 0.15) is 12.7 Å². The Hall–Kier alpha value is -1.92. The molecule has 21 heavy (non-hydrogen) atoms. The number of methoxy groups -OCH3 is 2. The molecule has 2 rings (SSSR count). The Bertz CT molecular complexity index is 670. The van der Waals surface area contributed by atoms with E-state index < -0.39 is 0 Å². The zero-order valence-corrected chi connectivity index (χ0v) is 13.1. The third-order valence-corrected chi connectivity index (χ3v) is 3.14. The molecule has 112 valence electrons. The van der Waals surface area contributed by atoms with E-state index in [0.29, 0.717) is 35.2 Å². The van der Waals surface area contributed by atoms with Crippen LogP contribution in [-0.2, 0) is 11.3 Å². The standard InChI is InChI=1S/C15H18N2O3S/c1-4-20-9-13-16-11(8-14(21)17-13)10-6-5-7-12(18-2)15(10)19-3/h5-8H,4,9H2,1-3H3,(H,16,17,21). The van der Waals surface area contributed by atoms with Crippen LogP contribution in [0.4, 0.5) is 0 Å². The van der Waals surface area contributed by atoms with Gasteiger partial charge in [0.25, 0.3) is 0 Å². The zero-order chi connectivity index (χ0) is 15.2. The van der Waals surface area contributed by atoms with Crippen LogP contribution in [-0.4, -0.2) is 30.8 Å². The van der Waals surface area contributed by atoms with E-state index in [9.17, 15) is 0 Å². The number of H-pyrrole nitrogens is 1. The van der Waals surface area contributed by atoms with Gasteiger partial charge in [-0.1, -0.05) is 18.3 Å². The van der Waals surface area contributed by atoms with Crippen LogP contribution in [0.3, 0.4) is 0 Å². The summed E-state index contributed by atoms with van der Waals surface area (Å²) < 4.78 is 16.6. The predicted molar refractivity (Wildman–Crippen MR) is 83.3 cm³/mol. The number of aromatic nitrogens is 2. The summed E-state index contributed by atoms with van der Waals surface area (Å²) in [5.74, 6) is 2.00. The maximum atomic E-state index is 5.45. The minimum Gasteiger partial charge on any atom is -0.493 e. The lowest BCUT2D eigenvalue weighted by atomic mass is 10.1. The largest absolute Gasteiger partial charge is 0.493 e. The van der Waals surface area contributed by atoms with E-state index in [1.165, 1.54) is 0 Å². The van der Waals surface area contributed by atoms with Gasteiger partial charge < -0.3 is 19.2 Å². The number of rotatable bonds is 6. The van der Waals surface area contributed by atoms with Crippen molar-refractivity contribution < 1.29 is 14.2 Å². The number of hydrogen-bond donors (Lipinski definition) is 1. The van der Waals surface area contributed by atoms with Crippen molar-refractivity contribution in [2.45, 2.75) is 13.5 Å². The summed E-state index contributed by atoms with van der Waals surface area (Å²) in [5, 5.41) is 0. The molecule has 0 aliphatic rings. The van der Waals surface area contributed by atoms with E-state index in [-0.39, 0.29) is 0 Å². The van der Waals surface area contributed by atoms with Gasteiger partial charge in [0.2, 0.25) is 0 Å². The van der Waals surface area contributed by atoms with Gasteiger partial charge in [-0.25, -0.2) is 4.98 Å². The number of para-hydroxylation sites is 1. The molecular formula is C15H18N2O3S. The number of benzene rings is 1. The highest BCUT2D eigenvalue weighted by Crippen LogP contribution is 2.36. The van der Waals surface area contributed by atoms with E-state index in [2.05, 4.69) is 9.97 Å². The summed E-state index contributed by atoms with van der Waals surface area (Å²) in [6.45, 7) is 2.94. The Morgan fingerprint density at radius 1 is 1.24 bits per heavy atom. The van der Waals surface area contributed by atoms with E-state index in [1.807, 2.05) is 25.1 Å². The molecule has 0 amide bonds. The van der Waals surface area contributed by atoms with E-state index >= 15 is 0 Å². The highest BCUT2D eigenvalue weighted by molar-refractivity contribution is 7.71. The van der Waals surface area contributed by atoms with Gasteiger partial charge in [-0.05, 0) is 25.1 Å². The average molecular weight is 306 g/mol. The van der Waals surface area contributed by atoms with Crippen molar-refractivity contribution in [3.8, 4) is 22.8 Å². The molecule has 0 fully saturated rings. The Kier molecular flexibility index (Phi) is 5.30. The van der Waals surface area contributed by atoms with Gasteiger partial charge in [0, 0.05) is 12.2 Å². The number of hydrogen-bond acceptors (Lipinski definition) is 5. The first kappa shape index (κ1) is 15.5. The highest BCUT2D eigenvalue weighted by atomic mass is 32.1. The first-order valence-corrected chi connectivity index (χ1v) is 6.99. The molecule has 5 nitrogen and oxygen atoms in total. The lowest BCUT2D eigenvalue weighted by Gasteiger charge is -2.13. The van der Waals surface area contributed by atoms with Crippen LogP contribution in [0.2, 0.25) is 0 Å². The monoisotopic (exact) mass is 306 g/mol. The van der Waals surface area contributed by atoms with Crippen LogP contribution in [0.5, 0.6) is 11.5 Å². The normalized spacial score (nSPS) is 10.4. The molecule has 0 atom stereocenters. The molecule has 0 aliphatic carbocycles. The second-order valence-electron chi connectivity index (χ2n) is 4.26. The van der Waals surface area contributed by atoms with Gasteiger partial charge in [-0.15, -0.1) is 0 Å². The molecule has 0 unspecified atom stereocenters. The van der Waals surface area contributed by atoms with Crippen LogP contribution in [0, 0.1) is 4.64 Å². The maximum absolute atomic E-state index is 5.45. The van der Waals surface area contributed by atoms with Crippen LogP contribution < -0.4 is 9.47 Å². The molecular weight excluding hydrogens is 288 g/mol. The van der Waals surface area contributed by atoms with Crippen LogP contribution in [0.15, 0.2) is 24.3 Å². The molecule has 1 aromatic carbocycles. The lowest BCUT2D eigenvalue weighted by molar-refractivity contribution is 0.128. The van der Waals surface area contributed by atoms with E-state index in [1.54, 1.807) is 20.3 Å². The molecule has 0 saturated carbocycles. The van der Waals surface area contributed by atoms with Crippen molar-refractivity contribution in [2.75, 3.05) is 20.8 Å². The Morgan fingerprint density at radius 2 is 2.05 bits per heavy atom. The minimum atomic E-state index is 0.389. The van der Waals surface area contributed by atoms with Gasteiger partial charge in [0.05, 0.1) is 19.9 Å². The summed E-state index contributed by atoms with van der Waals surface area (Å²) in [6.07, 6.45) is 0. The topological polar surface area (TPSA) is 56.4 Å². The van der Waals surface area contributed by atoms with Crippen molar-refractivity contribution in [3.63, 3.8) is 0 Å². The van der Waals surface area contributed by atoms with Crippen LogP contribution >= 0.6 is 12.2 Å². The molecule has 0 spiro atoms. The van der Waals surface area contributed by atoms with E-state index in [0.717, 1.165) is 11.3 Å². The van der Waals surface area contributed by atoms with Crippen molar-refractivity contribution in [2.24, 2.45) is 0 Å². The summed E-state index contributed by atoms with van der Waals surface area (Å²) in [6, 6.07) is 7.48. The summed E-state index contributed by atoms with van der Waals surface area (Å²) in [4.78, 5) is 7.48. The SMILES string of the molecule is CCOCc1nc(=S)cc(-c2cccc(OC)c2OC)[nH]1. The predicted octanol–water partition coefficient (Wildman–Crippen LogP) is 3.36. The molecule has 2 aromatic rings. The fourth-order valence-electron chi connectivity index (χ4n) is 2.02. The van der Waals surface area contributed by atoms with Crippen molar-refractivity contribution in [1.82, 2.24) is 9.97 Å². The maximum Gasteiger partial charge on any atom is 0.170 e. The summed E-state index contributed by atoms with van der Waals surface area (Å²) >= 11 is 5.22. The molecule has 1 aromatic heterocycles. The molecule has 1 heterocycles. The van der Waals surface area contributed by atoms with Crippen molar-refractivity contribution in [3.05, 3.63) is 34.7 Å². The zero-order valence-electron chi connectivity index (χ0n) is 12.3. The molecule has 0 radical (unpaired) electrons. The van der Waals surface area contributed by atoms with Crippen molar-refractivity contribution >= 4 is 12.2 Å². The van der Waals surface area contributed by atoms with E-state index in [4.69, 9.17) is 26.4 Å². The molecule has 6 heteroatoms. The number of aromatic amines is 1. The quantitative estimate of drug-likeness (QED) is 0.829. The smallest absolute Gasteiger partial charge is 0.170 e. The first-order valence-electron chi connectivity index (χ1n) is 6.59. The third kappa shape index (κ3) is 3.59. The molecule has 0 saturated heterocycles. The second-order valence-corrected chi connectivity index (χ2v) is 4.68. The Morgan fingerprint density at radius 3 is 2.71 bits per heavy atom. The number of nitrogens with zero attached hydrogens (tertiary/aromatic N) is 1. The first-order chi connectivity index (χ1) is 10.2. The van der Waals surface area contributed by atoms with Crippen LogP contribution in [0.25, 0.3) is 11.3 Å². The van der Waals surface area contributed by atoms with Gasteiger partial charge in [0.1, 0.15) is 17.1 Å². The fourth-order valence-corrected chi connectivity index (χ4v) is 2.25. The highest BCUT2D eigenvalue weighted by Gasteiger charge is 2.12. The lowest BCUT2D eigenvalue weighted by Crippen LogP contribution is -2.01. The molecule has 1 N–H and O–H groups in total. The summed E-state index contributed by atoms with van der Waals surface area (Å²) in [7, 11) is 3.22. The number of nitrogens with one attached hydrogen (secondary N) is 1. The second kappa shape index (κ2) is 7.19. The third-order valence-electron chi connectivity index (χ3n) is 2.93. The summed E-state index contributed by atoms with van der Waals surface area (Å²) in [5.41, 5.74) is 1.68. The van der Waals surface area contributed by atoms with Gasteiger partial charge in [0.15, 0.2) is 11.5 Å². The van der Waals surface area contributed by atoms with Gasteiger partial charge in [-0.2, -0.15) is 0 Å². The molecule has 0 bridgehead atoms. The van der Waals surface area contributed by atoms with Crippen molar-refractivity contribution in [1.29, 1.82) is 0 Å². The number of ether oxygens (including phenoxy) is 3.